The summed E-state index contributed by atoms with van der Waals surface area (Å²) in [5.74, 6) is 0.000621. The maximum absolute atomic E-state index is 12.4. The van der Waals surface area contributed by atoms with Gasteiger partial charge in [-0.15, -0.1) is 5.10 Å². The molecule has 3 aromatic rings. The quantitative estimate of drug-likeness (QED) is 0.683. The number of nitrogens with one attached hydrogen (secondary N) is 1. The van der Waals surface area contributed by atoms with Gasteiger partial charge in [-0.3, -0.25) is 4.79 Å². The van der Waals surface area contributed by atoms with Crippen LogP contribution in [0.4, 0.5) is 11.5 Å². The molecule has 25 heavy (non-hydrogen) atoms. The lowest BCUT2D eigenvalue weighted by Gasteiger charge is -2.06. The molecule has 5 nitrogen and oxygen atoms in total. The van der Waals surface area contributed by atoms with E-state index in [9.17, 15) is 4.79 Å². The number of hydrogen-bond acceptors (Lipinski definition) is 4. The number of benzene rings is 2. The molecule has 0 saturated carbocycles. The molecule has 0 bridgehead atoms. The first-order chi connectivity index (χ1) is 12.0. The molecule has 3 N–H and O–H groups in total. The summed E-state index contributed by atoms with van der Waals surface area (Å²) >= 11 is 11.2. The summed E-state index contributed by atoms with van der Waals surface area (Å²) < 4.78 is 1.22. The summed E-state index contributed by atoms with van der Waals surface area (Å²) in [6.07, 6.45) is 1.74. The van der Waals surface area contributed by atoms with Crippen molar-refractivity contribution in [1.82, 2.24) is 9.78 Å². The van der Waals surface area contributed by atoms with Gasteiger partial charge in [-0.2, -0.15) is 0 Å². The van der Waals surface area contributed by atoms with Gasteiger partial charge in [-0.25, -0.2) is 4.68 Å². The number of halogens is 1. The second-order valence-electron chi connectivity index (χ2n) is 5.39. The highest BCUT2D eigenvalue weighted by Gasteiger charge is 2.15. The molecular formula is C18H15ClN4OS. The van der Waals surface area contributed by atoms with E-state index in [-0.39, 0.29) is 18.1 Å². The van der Waals surface area contributed by atoms with Crippen molar-refractivity contribution in [2.75, 3.05) is 11.1 Å². The van der Waals surface area contributed by atoms with E-state index in [0.717, 1.165) is 11.3 Å². The van der Waals surface area contributed by atoms with Crippen molar-refractivity contribution < 1.29 is 4.79 Å². The van der Waals surface area contributed by atoms with Gasteiger partial charge in [0.15, 0.2) is 5.82 Å². The van der Waals surface area contributed by atoms with E-state index in [1.54, 1.807) is 30.5 Å². The Hall–Kier alpha value is -2.70. The van der Waals surface area contributed by atoms with Gasteiger partial charge in [0.25, 0.3) is 5.91 Å². The van der Waals surface area contributed by atoms with Crippen LogP contribution in [-0.4, -0.2) is 20.7 Å². The summed E-state index contributed by atoms with van der Waals surface area (Å²) in [4.78, 5) is 12.8. The Morgan fingerprint density at radius 2 is 1.84 bits per heavy atom. The zero-order chi connectivity index (χ0) is 17.8. The van der Waals surface area contributed by atoms with E-state index < -0.39 is 0 Å². The first-order valence-corrected chi connectivity index (χ1v) is 8.31. The number of hydrogen-bond donors (Lipinski definition) is 2. The zero-order valence-electron chi connectivity index (χ0n) is 13.1. The van der Waals surface area contributed by atoms with Crippen LogP contribution in [0.25, 0.3) is 0 Å². The van der Waals surface area contributed by atoms with Gasteiger partial charge in [0.2, 0.25) is 0 Å². The number of thiocarbonyl (C=S) groups is 1. The largest absolute Gasteiger partial charge is 0.382 e. The second kappa shape index (κ2) is 7.46. The van der Waals surface area contributed by atoms with Crippen LogP contribution in [0.3, 0.4) is 0 Å². The molecule has 3 rings (SSSR count). The zero-order valence-corrected chi connectivity index (χ0v) is 14.7. The number of nitrogens with zero attached hydrogens (tertiary/aromatic N) is 2. The molecule has 126 valence electrons. The standard InChI is InChI=1S/C18H15ClN4OS/c19-13-8-6-12(7-9-13)10-16(24)23-11-15(17(20)22-23)18(25)21-14-4-2-1-3-5-14/h1-9,11H,10H2,(H2,20,22)(H,21,25). The molecule has 0 aliphatic carbocycles. The molecule has 0 atom stereocenters. The third-order valence-corrected chi connectivity index (χ3v) is 4.12. The smallest absolute Gasteiger partial charge is 0.251 e. The molecule has 0 aliphatic heterocycles. The highest BCUT2D eigenvalue weighted by molar-refractivity contribution is 7.81. The number of carbonyl (C=O) groups excluding carboxylic acids is 1. The van der Waals surface area contributed by atoms with Crippen LogP contribution in [0, 0.1) is 0 Å². The molecule has 7 heteroatoms. The lowest BCUT2D eigenvalue weighted by molar-refractivity contribution is 0.0898. The average Bonchev–Trinajstić information content (AvgIpc) is 3.00. The van der Waals surface area contributed by atoms with Crippen molar-refractivity contribution in [2.24, 2.45) is 0 Å². The van der Waals surface area contributed by atoms with Crippen molar-refractivity contribution >= 4 is 46.2 Å². The third kappa shape index (κ3) is 4.23. The fraction of sp³-hybridized carbons (Fsp3) is 0.0556. The minimum atomic E-state index is -0.206. The first-order valence-electron chi connectivity index (χ1n) is 7.52. The SMILES string of the molecule is Nc1nn(C(=O)Cc2ccc(Cl)cc2)cc1C(=S)Nc1ccccc1. The lowest BCUT2D eigenvalue weighted by Crippen LogP contribution is -2.14. The Bertz CT molecular complexity index is 907. The number of rotatable bonds is 4. The summed E-state index contributed by atoms with van der Waals surface area (Å²) in [6, 6.07) is 16.6. The van der Waals surface area contributed by atoms with Gasteiger partial charge in [0.05, 0.1) is 12.0 Å². The number of para-hydroxylation sites is 1. The van der Waals surface area contributed by atoms with Gasteiger partial charge < -0.3 is 11.1 Å². The third-order valence-electron chi connectivity index (χ3n) is 3.54. The van der Waals surface area contributed by atoms with Crippen LogP contribution in [-0.2, 0) is 6.42 Å². The van der Waals surface area contributed by atoms with E-state index in [1.807, 2.05) is 30.3 Å². The monoisotopic (exact) mass is 370 g/mol. The van der Waals surface area contributed by atoms with Crippen molar-refractivity contribution in [3.05, 3.63) is 76.9 Å². The van der Waals surface area contributed by atoms with Crippen LogP contribution in [0.15, 0.2) is 60.8 Å². The van der Waals surface area contributed by atoms with Gasteiger partial charge in [-0.1, -0.05) is 54.2 Å². The van der Waals surface area contributed by atoms with Crippen LogP contribution >= 0.6 is 23.8 Å². The molecule has 0 unspecified atom stereocenters. The fourth-order valence-electron chi connectivity index (χ4n) is 2.27. The molecule has 0 spiro atoms. The Labute approximate surface area is 155 Å². The van der Waals surface area contributed by atoms with E-state index in [0.29, 0.717) is 15.6 Å². The van der Waals surface area contributed by atoms with Crippen molar-refractivity contribution in [1.29, 1.82) is 0 Å². The van der Waals surface area contributed by atoms with Gasteiger partial charge in [0, 0.05) is 16.9 Å². The van der Waals surface area contributed by atoms with Crippen LogP contribution in [0.1, 0.15) is 15.9 Å². The Kier molecular flexibility index (Phi) is 5.11. The molecule has 0 aliphatic rings. The van der Waals surface area contributed by atoms with Crippen LogP contribution in [0.5, 0.6) is 0 Å². The van der Waals surface area contributed by atoms with E-state index in [1.165, 1.54) is 4.68 Å². The fourth-order valence-corrected chi connectivity index (χ4v) is 2.67. The summed E-state index contributed by atoms with van der Waals surface area (Å²) in [5.41, 5.74) is 8.12. The minimum Gasteiger partial charge on any atom is -0.382 e. The molecule has 1 aromatic heterocycles. The molecule has 0 amide bonds. The number of nitrogens with two attached hydrogens (primary N) is 1. The predicted molar refractivity (Wildman–Crippen MR) is 104 cm³/mol. The number of aromatic nitrogens is 2. The maximum Gasteiger partial charge on any atom is 0.251 e. The minimum absolute atomic E-state index is 0.191. The summed E-state index contributed by atoms with van der Waals surface area (Å²) in [6.45, 7) is 0. The van der Waals surface area contributed by atoms with E-state index in [4.69, 9.17) is 29.6 Å². The molecule has 0 fully saturated rings. The van der Waals surface area contributed by atoms with Gasteiger partial charge in [-0.05, 0) is 29.8 Å². The number of carbonyl (C=O) groups is 1. The normalized spacial score (nSPS) is 10.4. The topological polar surface area (TPSA) is 72.9 Å². The van der Waals surface area contributed by atoms with Crippen molar-refractivity contribution in [3.8, 4) is 0 Å². The maximum atomic E-state index is 12.4. The average molecular weight is 371 g/mol. The molecule has 1 heterocycles. The molecule has 2 aromatic carbocycles. The number of anilines is 2. The second-order valence-corrected chi connectivity index (χ2v) is 6.23. The highest BCUT2D eigenvalue weighted by atomic mass is 35.5. The van der Waals surface area contributed by atoms with E-state index in [2.05, 4.69) is 10.4 Å². The number of nitrogen functional groups attached to an aromatic ring is 1. The Morgan fingerprint density at radius 1 is 1.16 bits per heavy atom. The van der Waals surface area contributed by atoms with Gasteiger partial charge >= 0.3 is 0 Å². The summed E-state index contributed by atoms with van der Waals surface area (Å²) in [7, 11) is 0. The molecule has 0 saturated heterocycles. The Morgan fingerprint density at radius 3 is 2.52 bits per heavy atom. The summed E-state index contributed by atoms with van der Waals surface area (Å²) in [5, 5.41) is 7.78. The molecule has 0 radical (unpaired) electrons. The molecular weight excluding hydrogens is 356 g/mol. The van der Waals surface area contributed by atoms with Gasteiger partial charge in [0.1, 0.15) is 4.99 Å². The van der Waals surface area contributed by atoms with Crippen molar-refractivity contribution in [3.63, 3.8) is 0 Å². The Balaban J connectivity index is 1.74. The lowest BCUT2D eigenvalue weighted by atomic mass is 10.1. The first kappa shape index (κ1) is 17.1. The van der Waals surface area contributed by atoms with Crippen LogP contribution < -0.4 is 11.1 Å². The highest BCUT2D eigenvalue weighted by Crippen LogP contribution is 2.15. The predicted octanol–water partition coefficient (Wildman–Crippen LogP) is 3.79. The van der Waals surface area contributed by atoms with Crippen LogP contribution in [0.2, 0.25) is 5.02 Å². The van der Waals surface area contributed by atoms with E-state index >= 15 is 0 Å². The van der Waals surface area contributed by atoms with Crippen molar-refractivity contribution in [2.45, 2.75) is 6.42 Å².